The molecule has 0 aromatic heterocycles. The maximum absolute atomic E-state index is 12.6. The van der Waals surface area contributed by atoms with Crippen molar-refractivity contribution in [3.05, 3.63) is 54.1 Å². The summed E-state index contributed by atoms with van der Waals surface area (Å²) in [4.78, 5) is 14.5. The van der Waals surface area contributed by atoms with E-state index in [0.717, 1.165) is 25.9 Å². The van der Waals surface area contributed by atoms with Gasteiger partial charge in [0.2, 0.25) is 0 Å². The predicted molar refractivity (Wildman–Crippen MR) is 113 cm³/mol. The van der Waals surface area contributed by atoms with E-state index in [2.05, 4.69) is 22.0 Å². The Labute approximate surface area is 172 Å². The number of sulfonamides is 1. The first-order chi connectivity index (χ1) is 13.8. The minimum atomic E-state index is -3.70. The van der Waals surface area contributed by atoms with Gasteiger partial charge in [-0.2, -0.15) is 0 Å². The molecule has 0 atom stereocenters. The van der Waals surface area contributed by atoms with Crippen molar-refractivity contribution in [2.45, 2.75) is 30.7 Å². The highest BCUT2D eigenvalue weighted by atomic mass is 32.2. The average molecular weight is 418 g/mol. The molecule has 7 nitrogen and oxygen atoms in total. The topological polar surface area (TPSA) is 87.7 Å². The zero-order valence-corrected chi connectivity index (χ0v) is 17.5. The molecule has 1 aliphatic rings. The van der Waals surface area contributed by atoms with Gasteiger partial charge < -0.3 is 15.0 Å². The molecular formula is C21H27N3O4S. The molecule has 8 heteroatoms. The summed E-state index contributed by atoms with van der Waals surface area (Å²) in [6, 6.07) is 13.5. The van der Waals surface area contributed by atoms with Crippen molar-refractivity contribution in [3.8, 4) is 5.75 Å². The number of carbonyl (C=O) groups is 1. The Morgan fingerprint density at radius 3 is 2.48 bits per heavy atom. The molecule has 156 valence electrons. The zero-order chi connectivity index (χ0) is 20.9. The van der Waals surface area contributed by atoms with Crippen molar-refractivity contribution < 1.29 is 17.9 Å². The number of para-hydroxylation sites is 1. The number of amides is 1. The van der Waals surface area contributed by atoms with Crippen LogP contribution in [0.25, 0.3) is 0 Å². The number of anilines is 1. The minimum Gasteiger partial charge on any atom is -0.484 e. The number of nitrogens with zero attached hydrogens (tertiary/aromatic N) is 1. The Morgan fingerprint density at radius 1 is 1.14 bits per heavy atom. The molecule has 2 aromatic carbocycles. The van der Waals surface area contributed by atoms with E-state index >= 15 is 0 Å². The smallest absolute Gasteiger partial charge is 0.261 e. The molecule has 3 rings (SSSR count). The van der Waals surface area contributed by atoms with E-state index in [1.165, 1.54) is 12.1 Å². The van der Waals surface area contributed by atoms with Crippen LogP contribution in [-0.4, -0.2) is 52.0 Å². The monoisotopic (exact) mass is 417 g/mol. The highest BCUT2D eigenvalue weighted by Gasteiger charge is 2.19. The normalized spacial score (nSPS) is 15.7. The number of ether oxygens (including phenoxy) is 1. The molecule has 1 aliphatic heterocycles. The first kappa shape index (κ1) is 21.1. The van der Waals surface area contributed by atoms with Crippen molar-refractivity contribution in [1.82, 2.24) is 10.2 Å². The summed E-state index contributed by atoms with van der Waals surface area (Å²) in [7, 11) is -1.62. The second kappa shape index (κ2) is 9.28. The van der Waals surface area contributed by atoms with E-state index < -0.39 is 10.0 Å². The lowest BCUT2D eigenvalue weighted by Crippen LogP contribution is -2.44. The Kier molecular flexibility index (Phi) is 6.76. The lowest BCUT2D eigenvalue weighted by molar-refractivity contribution is -0.124. The van der Waals surface area contributed by atoms with Crippen LogP contribution >= 0.6 is 0 Å². The summed E-state index contributed by atoms with van der Waals surface area (Å²) in [5.74, 6) is 0.323. The zero-order valence-electron chi connectivity index (χ0n) is 16.7. The Hall–Kier alpha value is -2.58. The quantitative estimate of drug-likeness (QED) is 0.722. The molecule has 0 bridgehead atoms. The van der Waals surface area contributed by atoms with E-state index in [4.69, 9.17) is 4.74 Å². The van der Waals surface area contributed by atoms with Gasteiger partial charge in [-0.05, 0) is 75.8 Å². The molecular weight excluding hydrogens is 390 g/mol. The van der Waals surface area contributed by atoms with Crippen LogP contribution in [0.15, 0.2) is 53.4 Å². The van der Waals surface area contributed by atoms with Crippen LogP contribution in [0.1, 0.15) is 18.4 Å². The average Bonchev–Trinajstić information content (AvgIpc) is 2.69. The number of hydrogen-bond donors (Lipinski definition) is 2. The summed E-state index contributed by atoms with van der Waals surface area (Å²) in [6.45, 7) is 3.60. The number of hydrogen-bond acceptors (Lipinski definition) is 5. The summed E-state index contributed by atoms with van der Waals surface area (Å²) >= 11 is 0. The summed E-state index contributed by atoms with van der Waals surface area (Å²) in [6.07, 6.45) is 1.87. The highest BCUT2D eigenvalue weighted by Crippen LogP contribution is 2.23. The van der Waals surface area contributed by atoms with Gasteiger partial charge in [0, 0.05) is 11.7 Å². The molecule has 2 aromatic rings. The van der Waals surface area contributed by atoms with E-state index in [1.807, 2.05) is 6.07 Å². The van der Waals surface area contributed by atoms with Crippen LogP contribution < -0.4 is 14.8 Å². The third kappa shape index (κ3) is 5.95. The fourth-order valence-electron chi connectivity index (χ4n) is 3.24. The van der Waals surface area contributed by atoms with Crippen LogP contribution in [-0.2, 0) is 14.8 Å². The number of nitrogens with one attached hydrogen (secondary N) is 2. The lowest BCUT2D eigenvalue weighted by Gasteiger charge is -2.29. The molecule has 0 spiro atoms. The Bertz CT molecular complexity index is 940. The van der Waals surface area contributed by atoms with Crippen LogP contribution in [0.2, 0.25) is 0 Å². The van der Waals surface area contributed by atoms with Crippen LogP contribution in [0.4, 0.5) is 5.69 Å². The molecule has 1 heterocycles. The van der Waals surface area contributed by atoms with E-state index in [1.54, 1.807) is 37.3 Å². The maximum atomic E-state index is 12.6. The predicted octanol–water partition coefficient (Wildman–Crippen LogP) is 2.39. The van der Waals surface area contributed by atoms with Gasteiger partial charge in [-0.25, -0.2) is 8.42 Å². The van der Waals surface area contributed by atoms with Crippen molar-refractivity contribution in [1.29, 1.82) is 0 Å². The SMILES string of the molecule is Cc1cc(S(=O)(=O)Nc2ccccc2)ccc1OCC(=O)NC1CCN(C)CC1. The van der Waals surface area contributed by atoms with Gasteiger partial charge in [-0.15, -0.1) is 0 Å². The molecule has 0 radical (unpaired) electrons. The van der Waals surface area contributed by atoms with Gasteiger partial charge >= 0.3 is 0 Å². The Balaban J connectivity index is 1.57. The maximum Gasteiger partial charge on any atom is 0.261 e. The minimum absolute atomic E-state index is 0.0957. The van der Waals surface area contributed by atoms with E-state index in [9.17, 15) is 13.2 Å². The molecule has 1 fully saturated rings. The fourth-order valence-corrected chi connectivity index (χ4v) is 4.38. The van der Waals surface area contributed by atoms with Gasteiger partial charge in [0.05, 0.1) is 4.90 Å². The van der Waals surface area contributed by atoms with Gasteiger partial charge in [-0.1, -0.05) is 18.2 Å². The van der Waals surface area contributed by atoms with Crippen molar-refractivity contribution in [2.75, 3.05) is 31.5 Å². The number of aryl methyl sites for hydroxylation is 1. The summed E-state index contributed by atoms with van der Waals surface area (Å²) in [5, 5.41) is 3.00. The first-order valence-corrected chi connectivity index (χ1v) is 11.1. The van der Waals surface area contributed by atoms with Crippen molar-refractivity contribution >= 4 is 21.6 Å². The van der Waals surface area contributed by atoms with Crippen LogP contribution in [0.5, 0.6) is 5.75 Å². The van der Waals surface area contributed by atoms with Crippen molar-refractivity contribution in [2.24, 2.45) is 0 Å². The van der Waals surface area contributed by atoms with Gasteiger partial charge in [-0.3, -0.25) is 9.52 Å². The second-order valence-corrected chi connectivity index (χ2v) is 9.01. The molecule has 0 unspecified atom stereocenters. The number of rotatable bonds is 7. The molecule has 2 N–H and O–H groups in total. The van der Waals surface area contributed by atoms with Gasteiger partial charge in [0.25, 0.3) is 15.9 Å². The molecule has 1 saturated heterocycles. The van der Waals surface area contributed by atoms with Gasteiger partial charge in [0.1, 0.15) is 5.75 Å². The third-order valence-electron chi connectivity index (χ3n) is 4.93. The van der Waals surface area contributed by atoms with Crippen molar-refractivity contribution in [3.63, 3.8) is 0 Å². The van der Waals surface area contributed by atoms with Gasteiger partial charge in [0.15, 0.2) is 6.61 Å². The van der Waals surface area contributed by atoms with Crippen LogP contribution in [0, 0.1) is 6.92 Å². The molecule has 29 heavy (non-hydrogen) atoms. The largest absolute Gasteiger partial charge is 0.484 e. The third-order valence-corrected chi connectivity index (χ3v) is 6.30. The number of benzene rings is 2. The lowest BCUT2D eigenvalue weighted by atomic mass is 10.1. The summed E-state index contributed by atoms with van der Waals surface area (Å²) < 4.78 is 33.3. The second-order valence-electron chi connectivity index (χ2n) is 7.33. The first-order valence-electron chi connectivity index (χ1n) is 9.63. The number of carbonyl (C=O) groups excluding carboxylic acids is 1. The van der Waals surface area contributed by atoms with E-state index in [0.29, 0.717) is 17.0 Å². The number of likely N-dealkylation sites (tertiary alicyclic amines) is 1. The van der Waals surface area contributed by atoms with Crippen LogP contribution in [0.3, 0.4) is 0 Å². The molecule has 1 amide bonds. The molecule has 0 aliphatic carbocycles. The number of piperidine rings is 1. The molecule has 0 saturated carbocycles. The highest BCUT2D eigenvalue weighted by molar-refractivity contribution is 7.92. The summed E-state index contributed by atoms with van der Waals surface area (Å²) in [5.41, 5.74) is 1.14. The van der Waals surface area contributed by atoms with E-state index in [-0.39, 0.29) is 23.5 Å². The standard InChI is InChI=1S/C21H27N3O4S/c1-16-14-19(29(26,27)23-18-6-4-3-5-7-18)8-9-20(16)28-15-21(25)22-17-10-12-24(2)13-11-17/h3-9,14,17,23H,10-13,15H2,1-2H3,(H,22,25). The fraction of sp³-hybridized carbons (Fsp3) is 0.381. The Morgan fingerprint density at radius 2 is 1.83 bits per heavy atom.